The fraction of sp³-hybridized carbons (Fsp3) is 0.296. The number of aryl methyl sites for hydroxylation is 2. The van der Waals surface area contributed by atoms with Crippen molar-refractivity contribution in [3.05, 3.63) is 71.6 Å². The Kier molecular flexibility index (Phi) is 8.84. The van der Waals surface area contributed by atoms with Gasteiger partial charge in [-0.2, -0.15) is 23.1 Å². The molecule has 1 aliphatic heterocycles. The molecule has 0 amide bonds. The van der Waals surface area contributed by atoms with Crippen molar-refractivity contribution in [2.24, 2.45) is 0 Å². The molecule has 4 heterocycles. The van der Waals surface area contributed by atoms with Crippen LogP contribution in [0.3, 0.4) is 0 Å². The van der Waals surface area contributed by atoms with Crippen molar-refractivity contribution in [2.45, 2.75) is 25.7 Å². The summed E-state index contributed by atoms with van der Waals surface area (Å²) in [4.78, 5) is 32.2. The van der Waals surface area contributed by atoms with Gasteiger partial charge in [0.25, 0.3) is 0 Å². The lowest BCUT2D eigenvalue weighted by atomic mass is 10.1. The van der Waals surface area contributed by atoms with Gasteiger partial charge < -0.3 is 29.6 Å². The summed E-state index contributed by atoms with van der Waals surface area (Å²) in [5.41, 5.74) is 2.41. The van der Waals surface area contributed by atoms with Gasteiger partial charge in [-0.1, -0.05) is 12.1 Å². The normalized spacial score (nSPS) is 13.6. The van der Waals surface area contributed by atoms with Gasteiger partial charge in [0.1, 0.15) is 17.2 Å². The minimum absolute atomic E-state index is 0.0553. The molecule has 0 spiro atoms. The zero-order chi connectivity index (χ0) is 31.4. The fourth-order valence-electron chi connectivity index (χ4n) is 4.39. The van der Waals surface area contributed by atoms with E-state index in [1.54, 1.807) is 12.4 Å². The van der Waals surface area contributed by atoms with E-state index in [1.165, 1.54) is 18.2 Å². The zero-order valence-corrected chi connectivity index (χ0v) is 22.7. The number of carboxylic acids is 1. The number of H-pyrrole nitrogens is 1. The number of nitrogens with zero attached hydrogens (tertiary/aromatic N) is 6. The highest BCUT2D eigenvalue weighted by Crippen LogP contribution is 2.25. The molecule has 1 fully saturated rings. The molecule has 0 unspecified atom stereocenters. The quantitative estimate of drug-likeness (QED) is 0.225. The second-order valence-electron chi connectivity index (χ2n) is 9.56. The van der Waals surface area contributed by atoms with E-state index in [-0.39, 0.29) is 17.9 Å². The van der Waals surface area contributed by atoms with E-state index in [0.717, 1.165) is 11.6 Å². The summed E-state index contributed by atoms with van der Waals surface area (Å²) >= 11 is 0. The third-order valence-electron chi connectivity index (χ3n) is 6.54. The maximum atomic E-state index is 14.1. The minimum atomic E-state index is -5.08. The SMILES string of the molecule is Fc1cccc(CCn2cnc3c(NCc4nc5c(F)c(F)ccc5[nH]4)nc(N4CCOCC4)nc32)c1.O=C(O)C(F)(F)F. The molecule has 1 aliphatic rings. The minimum Gasteiger partial charge on any atom is -0.475 e. The number of morpholine rings is 1. The molecule has 0 bridgehead atoms. The van der Waals surface area contributed by atoms with Gasteiger partial charge in [0.05, 0.1) is 31.6 Å². The number of hydrogen-bond acceptors (Lipinski definition) is 8. The first-order valence-corrected chi connectivity index (χ1v) is 13.2. The first kappa shape index (κ1) is 30.5. The van der Waals surface area contributed by atoms with E-state index >= 15 is 0 Å². The summed E-state index contributed by atoms with van der Waals surface area (Å²) in [7, 11) is 0. The first-order valence-electron chi connectivity index (χ1n) is 13.2. The van der Waals surface area contributed by atoms with E-state index in [9.17, 15) is 26.3 Å². The second kappa shape index (κ2) is 12.7. The molecule has 2 aromatic carbocycles. The molecule has 6 rings (SSSR count). The summed E-state index contributed by atoms with van der Waals surface area (Å²) in [6.07, 6.45) is -2.80. The Bertz CT molecular complexity index is 1790. The standard InChI is InChI=1S/C25H23F3N8O.C2HF3O2/c26-16-3-1-2-15(12-16)6-7-36-14-30-22-23(33-25(34-24(22)36)35-8-10-37-11-9-35)29-13-19-31-18-5-4-17(27)20(28)21(18)32-19;3-2(4,5)1(6)7/h1-5,12,14H,6-11,13H2,(H,31,32)(H,29,33,34);(H,6,7). The smallest absolute Gasteiger partial charge is 0.475 e. The number of aromatic amines is 1. The predicted molar refractivity (Wildman–Crippen MR) is 145 cm³/mol. The third-order valence-corrected chi connectivity index (χ3v) is 6.54. The van der Waals surface area contributed by atoms with Crippen molar-refractivity contribution in [3.63, 3.8) is 0 Å². The lowest BCUT2D eigenvalue weighted by Gasteiger charge is -2.27. The zero-order valence-electron chi connectivity index (χ0n) is 22.7. The number of fused-ring (bicyclic) bond motifs is 2. The Morgan fingerprint density at radius 2 is 1.80 bits per heavy atom. The van der Waals surface area contributed by atoms with Crippen LogP contribution in [0.2, 0.25) is 0 Å². The number of carbonyl (C=O) groups is 1. The lowest BCUT2D eigenvalue weighted by molar-refractivity contribution is -0.192. The van der Waals surface area contributed by atoms with Crippen LogP contribution in [0.15, 0.2) is 42.7 Å². The van der Waals surface area contributed by atoms with E-state index < -0.39 is 23.8 Å². The van der Waals surface area contributed by atoms with Crippen LogP contribution in [0.5, 0.6) is 0 Å². The third kappa shape index (κ3) is 6.99. The van der Waals surface area contributed by atoms with Gasteiger partial charge in [-0.15, -0.1) is 0 Å². The van der Waals surface area contributed by atoms with Crippen LogP contribution in [0.25, 0.3) is 22.2 Å². The van der Waals surface area contributed by atoms with Gasteiger partial charge in [-0.25, -0.2) is 27.9 Å². The molecule has 232 valence electrons. The van der Waals surface area contributed by atoms with Crippen molar-refractivity contribution in [1.82, 2.24) is 29.5 Å². The van der Waals surface area contributed by atoms with Crippen molar-refractivity contribution in [1.29, 1.82) is 0 Å². The van der Waals surface area contributed by atoms with Crippen molar-refractivity contribution >= 4 is 39.9 Å². The molecule has 0 saturated carbocycles. The number of imidazole rings is 2. The number of ether oxygens (including phenoxy) is 1. The summed E-state index contributed by atoms with van der Waals surface area (Å²) in [5, 5.41) is 10.4. The summed E-state index contributed by atoms with van der Waals surface area (Å²) in [6, 6.07) is 9.02. The summed E-state index contributed by atoms with van der Waals surface area (Å²) in [6.45, 7) is 3.18. The Labute approximate surface area is 244 Å². The van der Waals surface area contributed by atoms with Gasteiger partial charge in [0.15, 0.2) is 28.6 Å². The lowest BCUT2D eigenvalue weighted by Crippen LogP contribution is -2.37. The van der Waals surface area contributed by atoms with Crippen LogP contribution in [0.1, 0.15) is 11.4 Å². The highest BCUT2D eigenvalue weighted by atomic mass is 19.4. The monoisotopic (exact) mass is 622 g/mol. The Morgan fingerprint density at radius 1 is 1.05 bits per heavy atom. The Balaban J connectivity index is 0.000000493. The molecule has 3 aromatic heterocycles. The largest absolute Gasteiger partial charge is 0.490 e. The highest BCUT2D eigenvalue weighted by Gasteiger charge is 2.38. The van der Waals surface area contributed by atoms with Crippen molar-refractivity contribution < 1.29 is 41.0 Å². The Hall–Kier alpha value is -4.93. The molecule has 5 aromatic rings. The molecule has 17 heteroatoms. The van der Waals surface area contributed by atoms with Gasteiger partial charge in [0, 0.05) is 19.6 Å². The average molecular weight is 623 g/mol. The van der Waals surface area contributed by atoms with Crippen LogP contribution in [0, 0.1) is 17.5 Å². The molecule has 11 nitrogen and oxygen atoms in total. The van der Waals surface area contributed by atoms with E-state index in [0.29, 0.717) is 73.5 Å². The maximum absolute atomic E-state index is 14.1. The number of anilines is 2. The summed E-state index contributed by atoms with van der Waals surface area (Å²) < 4.78 is 80.4. The number of alkyl halides is 3. The topological polar surface area (TPSA) is 134 Å². The van der Waals surface area contributed by atoms with E-state index in [2.05, 4.69) is 20.3 Å². The molecular formula is C27H24F6N8O3. The average Bonchev–Trinajstić information content (AvgIpc) is 3.61. The van der Waals surface area contributed by atoms with E-state index in [4.69, 9.17) is 24.6 Å². The van der Waals surface area contributed by atoms with Crippen molar-refractivity contribution in [3.8, 4) is 0 Å². The number of hydrogen-bond donors (Lipinski definition) is 3. The van der Waals surface area contributed by atoms with Crippen LogP contribution >= 0.6 is 0 Å². The van der Waals surface area contributed by atoms with E-state index in [1.807, 2.05) is 15.5 Å². The molecule has 0 radical (unpaired) electrons. The number of aliphatic carboxylic acids is 1. The number of carboxylic acid groups (broad SMARTS) is 1. The number of rotatable bonds is 7. The second-order valence-corrected chi connectivity index (χ2v) is 9.56. The Morgan fingerprint density at radius 3 is 2.50 bits per heavy atom. The van der Waals surface area contributed by atoms with Gasteiger partial charge in [0.2, 0.25) is 5.95 Å². The molecule has 3 N–H and O–H groups in total. The number of nitrogens with one attached hydrogen (secondary N) is 2. The van der Waals surface area contributed by atoms with Gasteiger partial charge in [-0.05, 0) is 36.2 Å². The van der Waals surface area contributed by atoms with Gasteiger partial charge >= 0.3 is 12.1 Å². The molecule has 1 saturated heterocycles. The van der Waals surface area contributed by atoms with Crippen LogP contribution in [-0.4, -0.2) is 73.0 Å². The fourth-order valence-corrected chi connectivity index (χ4v) is 4.39. The number of halogens is 6. The van der Waals surface area contributed by atoms with Crippen LogP contribution in [-0.2, 0) is 29.0 Å². The molecule has 44 heavy (non-hydrogen) atoms. The molecule has 0 aliphatic carbocycles. The number of aromatic nitrogens is 6. The van der Waals surface area contributed by atoms with Crippen LogP contribution in [0.4, 0.5) is 38.1 Å². The predicted octanol–water partition coefficient (Wildman–Crippen LogP) is 4.44. The highest BCUT2D eigenvalue weighted by molar-refractivity contribution is 5.84. The first-order chi connectivity index (χ1) is 21.0. The molecular weight excluding hydrogens is 598 g/mol. The molecule has 0 atom stereocenters. The summed E-state index contributed by atoms with van der Waals surface area (Å²) in [5.74, 6) is -3.53. The van der Waals surface area contributed by atoms with Crippen molar-refractivity contribution in [2.75, 3.05) is 36.5 Å². The maximum Gasteiger partial charge on any atom is 0.490 e. The van der Waals surface area contributed by atoms with Gasteiger partial charge in [-0.3, -0.25) is 0 Å². The van der Waals surface area contributed by atoms with Crippen LogP contribution < -0.4 is 10.2 Å². The number of benzene rings is 2.